The largest absolute Gasteiger partial charge is 0.416 e. The number of fused-ring (bicyclic) bond motifs is 1. The lowest BCUT2D eigenvalue weighted by atomic mass is 9.76. The topological polar surface area (TPSA) is 59.3 Å². The van der Waals surface area contributed by atoms with E-state index in [0.29, 0.717) is 19.4 Å². The molecule has 5 nitrogen and oxygen atoms in total. The Balaban J connectivity index is 1.59. The SMILES string of the molecule is O=C(Nc1ccc(C(F)(F)F)cc1Cl)C1(n2cc3c(n2)CN=C3)CCC1. The van der Waals surface area contributed by atoms with E-state index in [1.807, 2.05) is 0 Å². The molecule has 136 valence electrons. The molecule has 1 fully saturated rings. The lowest BCUT2D eigenvalue weighted by Gasteiger charge is -2.40. The number of aromatic nitrogens is 2. The molecule has 1 aliphatic heterocycles. The summed E-state index contributed by atoms with van der Waals surface area (Å²) in [5.74, 6) is -0.330. The van der Waals surface area contributed by atoms with Gasteiger partial charge in [0, 0.05) is 18.0 Å². The molecule has 2 aliphatic rings. The van der Waals surface area contributed by atoms with Crippen molar-refractivity contribution in [3.05, 3.63) is 46.2 Å². The third-order valence-electron chi connectivity index (χ3n) is 4.88. The van der Waals surface area contributed by atoms with Gasteiger partial charge in [0.25, 0.3) is 5.91 Å². The number of amides is 1. The monoisotopic (exact) mass is 382 g/mol. The highest BCUT2D eigenvalue weighted by molar-refractivity contribution is 6.33. The van der Waals surface area contributed by atoms with Crippen LogP contribution in [-0.2, 0) is 23.1 Å². The zero-order valence-corrected chi connectivity index (χ0v) is 14.2. The van der Waals surface area contributed by atoms with Crippen molar-refractivity contribution in [1.82, 2.24) is 9.78 Å². The maximum absolute atomic E-state index is 12.9. The number of nitrogens with one attached hydrogen (secondary N) is 1. The van der Waals surface area contributed by atoms with Crippen LogP contribution in [0.3, 0.4) is 0 Å². The highest BCUT2D eigenvalue weighted by Gasteiger charge is 2.47. The van der Waals surface area contributed by atoms with Crippen molar-refractivity contribution in [3.8, 4) is 0 Å². The van der Waals surface area contributed by atoms with Gasteiger partial charge in [0.1, 0.15) is 5.54 Å². The summed E-state index contributed by atoms with van der Waals surface area (Å²) in [7, 11) is 0. The van der Waals surface area contributed by atoms with E-state index >= 15 is 0 Å². The van der Waals surface area contributed by atoms with Crippen LogP contribution < -0.4 is 5.32 Å². The number of halogens is 4. The first-order valence-electron chi connectivity index (χ1n) is 8.07. The van der Waals surface area contributed by atoms with Gasteiger partial charge >= 0.3 is 6.18 Å². The lowest BCUT2D eigenvalue weighted by molar-refractivity contribution is -0.137. The van der Waals surface area contributed by atoms with E-state index in [0.717, 1.165) is 29.8 Å². The lowest BCUT2D eigenvalue weighted by Crippen LogP contribution is -2.51. The Labute approximate surface area is 151 Å². The summed E-state index contributed by atoms with van der Waals surface area (Å²) < 4.78 is 39.9. The van der Waals surface area contributed by atoms with E-state index in [-0.39, 0.29) is 16.6 Å². The van der Waals surface area contributed by atoms with Crippen molar-refractivity contribution in [2.24, 2.45) is 4.99 Å². The Morgan fingerprint density at radius 1 is 1.31 bits per heavy atom. The molecule has 0 atom stereocenters. The molecular weight excluding hydrogens is 369 g/mol. The standard InChI is InChI=1S/C17H14ClF3N4O/c18-12-6-11(17(19,20)21)2-3-13(12)23-15(26)16(4-1-5-16)25-9-10-7-22-8-14(10)24-25/h2-3,6-7,9H,1,4-5,8H2,(H,23,26). The average molecular weight is 383 g/mol. The van der Waals surface area contributed by atoms with Crippen molar-refractivity contribution in [2.45, 2.75) is 37.5 Å². The predicted octanol–water partition coefficient (Wildman–Crippen LogP) is 4.01. The minimum absolute atomic E-state index is 0.150. The van der Waals surface area contributed by atoms with E-state index in [9.17, 15) is 18.0 Å². The molecule has 4 rings (SSSR count). The van der Waals surface area contributed by atoms with E-state index in [1.54, 1.807) is 17.1 Å². The molecule has 9 heteroatoms. The first-order valence-corrected chi connectivity index (χ1v) is 8.44. The Kier molecular flexibility index (Phi) is 3.83. The molecule has 1 N–H and O–H groups in total. The number of carbonyl (C=O) groups excluding carboxylic acids is 1. The first-order chi connectivity index (χ1) is 12.3. The van der Waals surface area contributed by atoms with Crippen LogP contribution in [0.1, 0.15) is 36.1 Å². The molecule has 26 heavy (non-hydrogen) atoms. The summed E-state index contributed by atoms with van der Waals surface area (Å²) in [6.07, 6.45) is 1.10. The molecule has 0 radical (unpaired) electrons. The van der Waals surface area contributed by atoms with Crippen LogP contribution in [0, 0.1) is 0 Å². The normalized spacial score (nSPS) is 17.7. The first kappa shape index (κ1) is 17.1. The number of alkyl halides is 3. The molecule has 1 aromatic carbocycles. The number of benzene rings is 1. The summed E-state index contributed by atoms with van der Waals surface area (Å²) in [6.45, 7) is 0.491. The fourth-order valence-corrected chi connectivity index (χ4v) is 3.43. The Bertz CT molecular complexity index is 915. The van der Waals surface area contributed by atoms with Crippen LogP contribution >= 0.6 is 11.6 Å². The van der Waals surface area contributed by atoms with Crippen LogP contribution in [0.2, 0.25) is 5.02 Å². The molecule has 1 amide bonds. The molecule has 2 aromatic rings. The summed E-state index contributed by atoms with van der Waals surface area (Å²) >= 11 is 5.94. The number of hydrogen-bond donors (Lipinski definition) is 1. The van der Waals surface area contributed by atoms with Gasteiger partial charge in [-0.25, -0.2) is 0 Å². The van der Waals surface area contributed by atoms with Crippen LogP contribution in [0.4, 0.5) is 18.9 Å². The Hall–Kier alpha value is -2.35. The van der Waals surface area contributed by atoms with Gasteiger partial charge in [0.15, 0.2) is 0 Å². The smallest absolute Gasteiger partial charge is 0.323 e. The van der Waals surface area contributed by atoms with Gasteiger partial charge in [-0.15, -0.1) is 0 Å². The fourth-order valence-electron chi connectivity index (χ4n) is 3.21. The van der Waals surface area contributed by atoms with E-state index < -0.39 is 17.3 Å². The number of carbonyl (C=O) groups is 1. The van der Waals surface area contributed by atoms with Gasteiger partial charge < -0.3 is 5.32 Å². The highest BCUT2D eigenvalue weighted by atomic mass is 35.5. The second kappa shape index (κ2) is 5.84. The van der Waals surface area contributed by atoms with Gasteiger partial charge in [-0.2, -0.15) is 18.3 Å². The Morgan fingerprint density at radius 2 is 2.08 bits per heavy atom. The van der Waals surface area contributed by atoms with E-state index in [2.05, 4.69) is 15.4 Å². The fraction of sp³-hybridized carbons (Fsp3) is 0.353. The second-order valence-electron chi connectivity index (χ2n) is 6.48. The van der Waals surface area contributed by atoms with Crippen molar-refractivity contribution in [1.29, 1.82) is 0 Å². The number of aliphatic imine (C=N–C) groups is 1. The molecule has 0 bridgehead atoms. The summed E-state index contributed by atoms with van der Waals surface area (Å²) in [6, 6.07) is 2.88. The van der Waals surface area contributed by atoms with Gasteiger partial charge in [0.05, 0.1) is 28.5 Å². The van der Waals surface area contributed by atoms with Crippen molar-refractivity contribution < 1.29 is 18.0 Å². The number of hydrogen-bond acceptors (Lipinski definition) is 3. The van der Waals surface area contributed by atoms with E-state index in [1.165, 1.54) is 6.07 Å². The second-order valence-corrected chi connectivity index (χ2v) is 6.88. The summed E-state index contributed by atoms with van der Waals surface area (Å²) in [4.78, 5) is 17.0. The summed E-state index contributed by atoms with van der Waals surface area (Å²) in [5, 5.41) is 6.97. The molecule has 1 saturated carbocycles. The molecule has 2 heterocycles. The minimum atomic E-state index is -4.49. The molecule has 0 spiro atoms. The third-order valence-corrected chi connectivity index (χ3v) is 5.19. The van der Waals surface area contributed by atoms with Crippen LogP contribution in [0.5, 0.6) is 0 Å². The number of anilines is 1. The third kappa shape index (κ3) is 2.68. The van der Waals surface area contributed by atoms with E-state index in [4.69, 9.17) is 11.6 Å². The molecule has 1 aliphatic carbocycles. The minimum Gasteiger partial charge on any atom is -0.323 e. The van der Waals surface area contributed by atoms with Gasteiger partial charge in [-0.1, -0.05) is 11.6 Å². The summed E-state index contributed by atoms with van der Waals surface area (Å²) in [5.41, 5.74) is 0.150. The highest BCUT2D eigenvalue weighted by Crippen LogP contribution is 2.41. The molecule has 1 aromatic heterocycles. The molecule has 0 saturated heterocycles. The van der Waals surface area contributed by atoms with Crippen LogP contribution in [-0.4, -0.2) is 21.9 Å². The van der Waals surface area contributed by atoms with Crippen LogP contribution in [0.25, 0.3) is 0 Å². The van der Waals surface area contributed by atoms with Gasteiger partial charge in [-0.05, 0) is 37.5 Å². The maximum atomic E-state index is 12.9. The van der Waals surface area contributed by atoms with Gasteiger partial charge in [-0.3, -0.25) is 14.5 Å². The van der Waals surface area contributed by atoms with Crippen molar-refractivity contribution >= 4 is 29.4 Å². The number of nitrogens with zero attached hydrogens (tertiary/aromatic N) is 3. The van der Waals surface area contributed by atoms with Crippen LogP contribution in [0.15, 0.2) is 29.4 Å². The maximum Gasteiger partial charge on any atom is 0.416 e. The van der Waals surface area contributed by atoms with Crippen molar-refractivity contribution in [2.75, 3.05) is 5.32 Å². The van der Waals surface area contributed by atoms with Crippen molar-refractivity contribution in [3.63, 3.8) is 0 Å². The Morgan fingerprint density at radius 3 is 2.65 bits per heavy atom. The van der Waals surface area contributed by atoms with Gasteiger partial charge in [0.2, 0.25) is 0 Å². The quantitative estimate of drug-likeness (QED) is 0.872. The zero-order chi connectivity index (χ0) is 18.5. The average Bonchev–Trinajstić information content (AvgIpc) is 3.09. The number of rotatable bonds is 3. The zero-order valence-electron chi connectivity index (χ0n) is 13.5. The molecule has 0 unspecified atom stereocenters. The predicted molar refractivity (Wildman–Crippen MR) is 90.4 cm³/mol. The molecular formula is C17H14ClF3N4O.